The van der Waals surface area contributed by atoms with Crippen molar-refractivity contribution in [3.63, 3.8) is 0 Å². The van der Waals surface area contributed by atoms with E-state index in [0.29, 0.717) is 16.8 Å². The topological polar surface area (TPSA) is 58.6 Å². The number of hydrogen-bond acceptors (Lipinski definition) is 3. The van der Waals surface area contributed by atoms with Crippen LogP contribution in [-0.4, -0.2) is 30.9 Å². The molecule has 29 heavy (non-hydrogen) atoms. The van der Waals surface area contributed by atoms with Crippen molar-refractivity contribution in [3.8, 4) is 5.75 Å². The SMILES string of the molecule is COc1ccccc1[C@@H](C)N(C)C(=O)c1ccc(NC(=O)c2ccccc2)cc1. The van der Waals surface area contributed by atoms with Crippen LogP contribution in [0.15, 0.2) is 78.9 Å². The number of anilines is 1. The van der Waals surface area contributed by atoms with Crippen LogP contribution < -0.4 is 10.1 Å². The molecule has 3 aromatic rings. The zero-order valence-electron chi connectivity index (χ0n) is 16.8. The average molecular weight is 388 g/mol. The van der Waals surface area contributed by atoms with Crippen molar-refractivity contribution in [2.75, 3.05) is 19.5 Å². The van der Waals surface area contributed by atoms with Crippen molar-refractivity contribution in [3.05, 3.63) is 95.6 Å². The van der Waals surface area contributed by atoms with Gasteiger partial charge in [0.25, 0.3) is 11.8 Å². The Labute approximate surface area is 170 Å². The number of methoxy groups -OCH3 is 1. The molecule has 0 fully saturated rings. The predicted octanol–water partition coefficient (Wildman–Crippen LogP) is 4.78. The highest BCUT2D eigenvalue weighted by atomic mass is 16.5. The summed E-state index contributed by atoms with van der Waals surface area (Å²) in [5.74, 6) is 0.453. The van der Waals surface area contributed by atoms with E-state index in [4.69, 9.17) is 4.74 Å². The van der Waals surface area contributed by atoms with Gasteiger partial charge in [-0.05, 0) is 49.4 Å². The molecule has 0 saturated carbocycles. The summed E-state index contributed by atoms with van der Waals surface area (Å²) in [7, 11) is 3.39. The third-order valence-electron chi connectivity index (χ3n) is 4.92. The van der Waals surface area contributed by atoms with E-state index < -0.39 is 0 Å². The van der Waals surface area contributed by atoms with Gasteiger partial charge in [0.2, 0.25) is 0 Å². The molecule has 5 heteroatoms. The van der Waals surface area contributed by atoms with E-state index in [1.165, 1.54) is 0 Å². The monoisotopic (exact) mass is 388 g/mol. The Morgan fingerprint density at radius 1 is 0.862 bits per heavy atom. The van der Waals surface area contributed by atoms with Crippen LogP contribution in [0.2, 0.25) is 0 Å². The number of benzene rings is 3. The second-order valence-corrected chi connectivity index (χ2v) is 6.73. The summed E-state index contributed by atoms with van der Waals surface area (Å²) < 4.78 is 5.41. The molecule has 1 N–H and O–H groups in total. The molecule has 2 amide bonds. The molecule has 5 nitrogen and oxygen atoms in total. The molecule has 1 atom stereocenters. The Balaban J connectivity index is 1.70. The fourth-order valence-corrected chi connectivity index (χ4v) is 3.09. The fraction of sp³-hybridized carbons (Fsp3) is 0.167. The van der Waals surface area contributed by atoms with Gasteiger partial charge in [0.1, 0.15) is 5.75 Å². The molecule has 0 aliphatic rings. The van der Waals surface area contributed by atoms with Gasteiger partial charge in [-0.25, -0.2) is 0 Å². The largest absolute Gasteiger partial charge is 0.496 e. The second-order valence-electron chi connectivity index (χ2n) is 6.73. The summed E-state index contributed by atoms with van der Waals surface area (Å²) >= 11 is 0. The molecular weight excluding hydrogens is 364 g/mol. The van der Waals surface area contributed by atoms with Crippen molar-refractivity contribution < 1.29 is 14.3 Å². The zero-order valence-corrected chi connectivity index (χ0v) is 16.8. The Morgan fingerprint density at radius 2 is 1.48 bits per heavy atom. The molecule has 0 unspecified atom stereocenters. The van der Waals surface area contributed by atoms with Crippen LogP contribution in [0.25, 0.3) is 0 Å². The van der Waals surface area contributed by atoms with Crippen LogP contribution >= 0.6 is 0 Å². The van der Waals surface area contributed by atoms with Crippen molar-refractivity contribution >= 4 is 17.5 Å². The van der Waals surface area contributed by atoms with Crippen LogP contribution in [0.5, 0.6) is 5.75 Å². The summed E-state index contributed by atoms with van der Waals surface area (Å²) in [6.07, 6.45) is 0. The highest BCUT2D eigenvalue weighted by Crippen LogP contribution is 2.29. The number of ether oxygens (including phenoxy) is 1. The number of nitrogens with one attached hydrogen (secondary N) is 1. The molecule has 0 aliphatic carbocycles. The zero-order chi connectivity index (χ0) is 20.8. The minimum Gasteiger partial charge on any atom is -0.496 e. The molecule has 3 rings (SSSR count). The average Bonchev–Trinajstić information content (AvgIpc) is 2.78. The van der Waals surface area contributed by atoms with E-state index in [1.54, 1.807) is 55.5 Å². The molecular formula is C24H24N2O3. The molecule has 0 spiro atoms. The quantitative estimate of drug-likeness (QED) is 0.661. The lowest BCUT2D eigenvalue weighted by Gasteiger charge is -2.26. The van der Waals surface area contributed by atoms with E-state index >= 15 is 0 Å². The fourth-order valence-electron chi connectivity index (χ4n) is 3.09. The van der Waals surface area contributed by atoms with Crippen molar-refractivity contribution in [1.82, 2.24) is 4.90 Å². The molecule has 3 aromatic carbocycles. The van der Waals surface area contributed by atoms with E-state index in [-0.39, 0.29) is 17.9 Å². The van der Waals surface area contributed by atoms with E-state index in [1.807, 2.05) is 49.4 Å². The lowest BCUT2D eigenvalue weighted by Crippen LogP contribution is -2.29. The number of hydrogen-bond donors (Lipinski definition) is 1. The highest BCUT2D eigenvalue weighted by Gasteiger charge is 2.21. The maximum absolute atomic E-state index is 12.9. The summed E-state index contributed by atoms with van der Waals surface area (Å²) in [4.78, 5) is 26.8. The summed E-state index contributed by atoms with van der Waals surface area (Å²) in [5.41, 5.74) is 2.71. The lowest BCUT2D eigenvalue weighted by molar-refractivity contribution is 0.0741. The molecule has 0 heterocycles. The normalized spacial score (nSPS) is 11.4. The molecule has 148 valence electrons. The minimum absolute atomic E-state index is 0.107. The van der Waals surface area contributed by atoms with Gasteiger partial charge in [-0.2, -0.15) is 0 Å². The number of carbonyl (C=O) groups excluding carboxylic acids is 2. The lowest BCUT2D eigenvalue weighted by atomic mass is 10.0. The van der Waals surface area contributed by atoms with Gasteiger partial charge >= 0.3 is 0 Å². The molecule has 0 bridgehead atoms. The number of para-hydroxylation sites is 1. The van der Waals surface area contributed by atoms with Crippen LogP contribution in [-0.2, 0) is 0 Å². The van der Waals surface area contributed by atoms with Gasteiger partial charge in [-0.15, -0.1) is 0 Å². The van der Waals surface area contributed by atoms with Gasteiger partial charge in [0.05, 0.1) is 13.2 Å². The van der Waals surface area contributed by atoms with Crippen LogP contribution in [0.4, 0.5) is 5.69 Å². The maximum atomic E-state index is 12.9. The number of rotatable bonds is 6. The van der Waals surface area contributed by atoms with Crippen LogP contribution in [0.3, 0.4) is 0 Å². The van der Waals surface area contributed by atoms with Gasteiger partial charge in [-0.1, -0.05) is 36.4 Å². The number of amides is 2. The third-order valence-corrected chi connectivity index (χ3v) is 4.92. The van der Waals surface area contributed by atoms with Crippen molar-refractivity contribution in [2.24, 2.45) is 0 Å². The Morgan fingerprint density at radius 3 is 2.14 bits per heavy atom. The van der Waals surface area contributed by atoms with Gasteiger partial charge in [0.15, 0.2) is 0 Å². The highest BCUT2D eigenvalue weighted by molar-refractivity contribution is 6.04. The van der Waals surface area contributed by atoms with Gasteiger partial charge < -0.3 is 15.0 Å². The molecule has 0 aliphatic heterocycles. The first-order chi connectivity index (χ1) is 14.0. The van der Waals surface area contributed by atoms with Crippen molar-refractivity contribution in [1.29, 1.82) is 0 Å². The molecule has 0 saturated heterocycles. The first kappa shape index (κ1) is 20.1. The summed E-state index contributed by atoms with van der Waals surface area (Å²) in [5, 5.41) is 2.84. The molecule has 0 aromatic heterocycles. The Hall–Kier alpha value is -3.60. The molecule has 0 radical (unpaired) electrons. The van der Waals surface area contributed by atoms with E-state index in [9.17, 15) is 9.59 Å². The second kappa shape index (κ2) is 9.06. The number of carbonyl (C=O) groups is 2. The standard InChI is InChI=1S/C24H24N2O3/c1-17(21-11-7-8-12-22(21)29-3)26(2)24(28)19-13-15-20(16-14-19)25-23(27)18-9-5-4-6-10-18/h4-17H,1-3H3,(H,25,27)/t17-/m1/s1. The Bertz CT molecular complexity index is 985. The van der Waals surface area contributed by atoms with E-state index in [0.717, 1.165) is 11.3 Å². The minimum atomic E-state index is -0.188. The maximum Gasteiger partial charge on any atom is 0.255 e. The van der Waals surface area contributed by atoms with Gasteiger partial charge in [0, 0.05) is 29.4 Å². The Kier molecular flexibility index (Phi) is 6.29. The van der Waals surface area contributed by atoms with Gasteiger partial charge in [-0.3, -0.25) is 9.59 Å². The van der Waals surface area contributed by atoms with Crippen LogP contribution in [0.1, 0.15) is 39.2 Å². The summed E-state index contributed by atoms with van der Waals surface area (Å²) in [6.45, 7) is 1.96. The van der Waals surface area contributed by atoms with Crippen LogP contribution in [0, 0.1) is 0 Å². The first-order valence-corrected chi connectivity index (χ1v) is 9.38. The summed E-state index contributed by atoms with van der Waals surface area (Å²) in [6, 6.07) is 23.4. The smallest absolute Gasteiger partial charge is 0.255 e. The number of nitrogens with zero attached hydrogens (tertiary/aromatic N) is 1. The van der Waals surface area contributed by atoms with Crippen molar-refractivity contribution in [2.45, 2.75) is 13.0 Å². The predicted molar refractivity (Wildman–Crippen MR) is 114 cm³/mol. The van der Waals surface area contributed by atoms with E-state index in [2.05, 4.69) is 5.32 Å². The first-order valence-electron chi connectivity index (χ1n) is 9.38. The third kappa shape index (κ3) is 4.63.